The third kappa shape index (κ3) is 4.77. The minimum absolute atomic E-state index is 0.213. The van der Waals surface area contributed by atoms with Crippen molar-refractivity contribution in [1.82, 2.24) is 15.8 Å². The molecule has 1 fully saturated rings. The van der Waals surface area contributed by atoms with E-state index in [0.717, 1.165) is 23.8 Å². The van der Waals surface area contributed by atoms with E-state index in [1.165, 1.54) is 11.3 Å². The Kier molecular flexibility index (Phi) is 6.00. The molecule has 2 aromatic rings. The molecule has 0 unspecified atom stereocenters. The fraction of sp³-hybridized carbons (Fsp3) is 0.438. The van der Waals surface area contributed by atoms with Crippen molar-refractivity contribution in [1.29, 1.82) is 0 Å². The van der Waals surface area contributed by atoms with Crippen LogP contribution in [0.1, 0.15) is 27.3 Å². The molecule has 9 heteroatoms. The lowest BCUT2D eigenvalue weighted by Gasteiger charge is -2.25. The molecule has 1 aliphatic rings. The second-order valence-electron chi connectivity index (χ2n) is 5.64. The lowest BCUT2D eigenvalue weighted by atomic mass is 10.2. The molecule has 3 rings (SSSR count). The van der Waals surface area contributed by atoms with Crippen LogP contribution in [0.3, 0.4) is 0 Å². The number of morpholine rings is 1. The van der Waals surface area contributed by atoms with E-state index in [0.29, 0.717) is 36.6 Å². The summed E-state index contributed by atoms with van der Waals surface area (Å²) in [7, 11) is 0. The average Bonchev–Trinajstić information content (AvgIpc) is 3.28. The maximum absolute atomic E-state index is 12.3. The van der Waals surface area contributed by atoms with Gasteiger partial charge in [0.05, 0.1) is 18.9 Å². The quantitative estimate of drug-likeness (QED) is 0.772. The predicted molar refractivity (Wildman–Crippen MR) is 98.1 cm³/mol. The molecule has 25 heavy (non-hydrogen) atoms. The number of anilines is 1. The molecule has 2 aromatic heterocycles. The van der Waals surface area contributed by atoms with Crippen molar-refractivity contribution in [3.05, 3.63) is 33.0 Å². The zero-order valence-corrected chi connectivity index (χ0v) is 15.5. The Hall–Kier alpha value is -1.97. The molecule has 0 bridgehead atoms. The van der Waals surface area contributed by atoms with Crippen molar-refractivity contribution in [3.63, 3.8) is 0 Å². The second-order valence-corrected chi connectivity index (χ2v) is 7.40. The second kappa shape index (κ2) is 8.41. The maximum Gasteiger partial charge on any atom is 0.281 e. The van der Waals surface area contributed by atoms with Gasteiger partial charge >= 0.3 is 0 Å². The zero-order chi connectivity index (χ0) is 17.6. The number of aromatic nitrogens is 1. The van der Waals surface area contributed by atoms with Crippen LogP contribution in [0.25, 0.3) is 0 Å². The monoisotopic (exact) mass is 380 g/mol. The third-order valence-electron chi connectivity index (χ3n) is 3.81. The summed E-state index contributed by atoms with van der Waals surface area (Å²) in [5, 5.41) is 4.81. The van der Waals surface area contributed by atoms with Gasteiger partial charge in [0, 0.05) is 19.5 Å². The fourth-order valence-corrected chi connectivity index (χ4v) is 4.14. The van der Waals surface area contributed by atoms with Gasteiger partial charge in [-0.25, -0.2) is 4.98 Å². The van der Waals surface area contributed by atoms with Gasteiger partial charge in [-0.2, -0.15) is 11.3 Å². The van der Waals surface area contributed by atoms with Crippen molar-refractivity contribution in [2.45, 2.75) is 19.8 Å². The summed E-state index contributed by atoms with van der Waals surface area (Å²) in [4.78, 5) is 31.2. The maximum atomic E-state index is 12.3. The summed E-state index contributed by atoms with van der Waals surface area (Å²) in [6.07, 6.45) is 0.990. The van der Waals surface area contributed by atoms with Crippen LogP contribution in [-0.2, 0) is 16.0 Å². The minimum Gasteiger partial charge on any atom is -0.378 e. The average molecular weight is 380 g/mol. The van der Waals surface area contributed by atoms with Crippen molar-refractivity contribution >= 4 is 39.6 Å². The topological polar surface area (TPSA) is 83.6 Å². The SMILES string of the molecule is Cc1nc(N2CCOCC2)sc1C(=O)NNC(=O)CCc1ccsc1. The molecule has 1 aliphatic heterocycles. The Labute approximate surface area is 154 Å². The first-order chi connectivity index (χ1) is 12.1. The first kappa shape index (κ1) is 17.8. The normalized spacial score (nSPS) is 14.4. The van der Waals surface area contributed by atoms with Crippen LogP contribution >= 0.6 is 22.7 Å². The minimum atomic E-state index is -0.335. The molecule has 0 atom stereocenters. The van der Waals surface area contributed by atoms with Gasteiger partial charge in [-0.15, -0.1) is 0 Å². The van der Waals surface area contributed by atoms with E-state index in [-0.39, 0.29) is 11.8 Å². The van der Waals surface area contributed by atoms with Crippen molar-refractivity contribution in [2.24, 2.45) is 0 Å². The summed E-state index contributed by atoms with van der Waals surface area (Å²) in [5.41, 5.74) is 6.74. The highest BCUT2D eigenvalue weighted by molar-refractivity contribution is 7.17. The van der Waals surface area contributed by atoms with Gasteiger partial charge in [-0.05, 0) is 35.7 Å². The Morgan fingerprint density at radius 1 is 1.32 bits per heavy atom. The highest BCUT2D eigenvalue weighted by Crippen LogP contribution is 2.26. The van der Waals surface area contributed by atoms with Crippen LogP contribution in [0.4, 0.5) is 5.13 Å². The molecule has 0 aromatic carbocycles. The van der Waals surface area contributed by atoms with E-state index >= 15 is 0 Å². The number of thiazole rings is 1. The molecule has 2 amide bonds. The molecule has 3 heterocycles. The van der Waals surface area contributed by atoms with E-state index in [1.54, 1.807) is 18.3 Å². The number of nitrogens with one attached hydrogen (secondary N) is 2. The molecule has 2 N–H and O–H groups in total. The largest absolute Gasteiger partial charge is 0.378 e. The molecule has 134 valence electrons. The molecule has 0 aliphatic carbocycles. The Bertz CT molecular complexity index is 724. The number of aryl methyl sites for hydroxylation is 2. The number of amides is 2. The smallest absolute Gasteiger partial charge is 0.281 e. The van der Waals surface area contributed by atoms with Crippen molar-refractivity contribution in [2.75, 3.05) is 31.2 Å². The zero-order valence-electron chi connectivity index (χ0n) is 13.9. The third-order valence-corrected chi connectivity index (χ3v) is 5.76. The van der Waals surface area contributed by atoms with E-state index < -0.39 is 0 Å². The standard InChI is InChI=1S/C16H20N4O3S2/c1-11-14(25-16(17-11)20-5-7-23-8-6-20)15(22)19-18-13(21)3-2-12-4-9-24-10-12/h4,9-10H,2-3,5-8H2,1H3,(H,18,21)(H,19,22). The van der Waals surface area contributed by atoms with Crippen LogP contribution in [0.5, 0.6) is 0 Å². The molecule has 1 saturated heterocycles. The Balaban J connectivity index is 1.50. The van der Waals surface area contributed by atoms with Crippen LogP contribution in [0.15, 0.2) is 16.8 Å². The first-order valence-corrected chi connectivity index (χ1v) is 9.80. The van der Waals surface area contributed by atoms with Crippen LogP contribution < -0.4 is 15.8 Å². The fourth-order valence-electron chi connectivity index (χ4n) is 2.42. The van der Waals surface area contributed by atoms with Crippen molar-refractivity contribution < 1.29 is 14.3 Å². The van der Waals surface area contributed by atoms with Gasteiger partial charge in [0.1, 0.15) is 4.88 Å². The Morgan fingerprint density at radius 3 is 2.84 bits per heavy atom. The van der Waals surface area contributed by atoms with E-state index in [4.69, 9.17) is 4.74 Å². The van der Waals surface area contributed by atoms with Gasteiger partial charge in [-0.1, -0.05) is 11.3 Å². The Morgan fingerprint density at radius 2 is 2.12 bits per heavy atom. The number of hydrogen-bond donors (Lipinski definition) is 2. The van der Waals surface area contributed by atoms with Gasteiger partial charge in [0.25, 0.3) is 5.91 Å². The molecular weight excluding hydrogens is 360 g/mol. The number of nitrogens with zero attached hydrogens (tertiary/aromatic N) is 2. The van der Waals surface area contributed by atoms with Crippen molar-refractivity contribution in [3.8, 4) is 0 Å². The van der Waals surface area contributed by atoms with Crippen LogP contribution in [-0.4, -0.2) is 43.1 Å². The lowest BCUT2D eigenvalue weighted by Crippen LogP contribution is -2.41. The molecule has 0 spiro atoms. The number of carbonyl (C=O) groups is 2. The number of thiophene rings is 1. The lowest BCUT2D eigenvalue weighted by molar-refractivity contribution is -0.121. The van der Waals surface area contributed by atoms with Gasteiger partial charge in [0.2, 0.25) is 5.91 Å². The van der Waals surface area contributed by atoms with Gasteiger partial charge in [0.15, 0.2) is 5.13 Å². The van der Waals surface area contributed by atoms with Gasteiger partial charge < -0.3 is 9.64 Å². The molecule has 0 radical (unpaired) electrons. The summed E-state index contributed by atoms with van der Waals surface area (Å²) in [5.74, 6) is -0.548. The van der Waals surface area contributed by atoms with Crippen LogP contribution in [0, 0.1) is 6.92 Å². The number of rotatable bonds is 5. The first-order valence-electron chi connectivity index (χ1n) is 8.04. The van der Waals surface area contributed by atoms with Crippen LogP contribution in [0.2, 0.25) is 0 Å². The predicted octanol–water partition coefficient (Wildman–Crippen LogP) is 1.74. The molecule has 0 saturated carbocycles. The summed E-state index contributed by atoms with van der Waals surface area (Å²) >= 11 is 2.94. The summed E-state index contributed by atoms with van der Waals surface area (Å²) in [6, 6.07) is 1.99. The molecular formula is C16H20N4O3S2. The highest BCUT2D eigenvalue weighted by Gasteiger charge is 2.20. The number of hydrazine groups is 1. The van der Waals surface area contributed by atoms with E-state index in [1.807, 2.05) is 16.8 Å². The number of ether oxygens (including phenoxy) is 1. The number of carbonyl (C=O) groups excluding carboxylic acids is 2. The summed E-state index contributed by atoms with van der Waals surface area (Å²) in [6.45, 7) is 4.68. The molecule has 7 nitrogen and oxygen atoms in total. The van der Waals surface area contributed by atoms with E-state index in [2.05, 4.69) is 20.7 Å². The highest BCUT2D eigenvalue weighted by atomic mass is 32.1. The van der Waals surface area contributed by atoms with Gasteiger partial charge in [-0.3, -0.25) is 20.4 Å². The summed E-state index contributed by atoms with van der Waals surface area (Å²) < 4.78 is 5.33. The van der Waals surface area contributed by atoms with E-state index in [9.17, 15) is 9.59 Å². The number of hydrogen-bond acceptors (Lipinski definition) is 7.